The molecular weight excluding hydrogens is 345 g/mol. The van der Waals surface area contributed by atoms with Gasteiger partial charge in [-0.05, 0) is 39.7 Å². The lowest BCUT2D eigenvalue weighted by Gasteiger charge is -2.13. The first kappa shape index (κ1) is 23.4. The molecule has 1 heterocycles. The minimum absolute atomic E-state index is 0.186. The molecule has 0 spiro atoms. The summed E-state index contributed by atoms with van der Waals surface area (Å²) in [6.07, 6.45) is 3.04. The van der Waals surface area contributed by atoms with E-state index < -0.39 is 23.0 Å². The molecule has 1 amide bonds. The van der Waals surface area contributed by atoms with Gasteiger partial charge in [0.05, 0.1) is 12.7 Å². The number of rotatable bonds is 6. The van der Waals surface area contributed by atoms with Gasteiger partial charge in [0.1, 0.15) is 11.6 Å². The van der Waals surface area contributed by atoms with Crippen molar-refractivity contribution in [3.05, 3.63) is 24.0 Å². The van der Waals surface area contributed by atoms with Gasteiger partial charge < -0.3 is 15.2 Å². The van der Waals surface area contributed by atoms with Crippen molar-refractivity contribution in [2.45, 2.75) is 46.8 Å². The molecule has 0 aromatic carbocycles. The fourth-order valence-electron chi connectivity index (χ4n) is 1.59. The van der Waals surface area contributed by atoms with Crippen LogP contribution in [-0.4, -0.2) is 47.4 Å². The first-order chi connectivity index (χ1) is 11.8. The maximum atomic E-state index is 12.3. The molecule has 0 aliphatic heterocycles. The third kappa shape index (κ3) is 8.00. The van der Waals surface area contributed by atoms with E-state index in [0.717, 1.165) is 21.0 Å². The van der Waals surface area contributed by atoms with Crippen molar-refractivity contribution in [2.24, 2.45) is 5.41 Å². The number of ether oxygens (including phenoxy) is 1. The van der Waals surface area contributed by atoms with Gasteiger partial charge in [0.2, 0.25) is 5.67 Å². The van der Waals surface area contributed by atoms with Crippen LogP contribution < -0.4 is 10.00 Å². The fraction of sp³-hybridized carbons (Fsp3) is 0.588. The van der Waals surface area contributed by atoms with Gasteiger partial charge in [-0.3, -0.25) is 9.59 Å². The van der Waals surface area contributed by atoms with E-state index in [2.05, 4.69) is 15.2 Å². The molecule has 1 aromatic heterocycles. The number of amides is 1. The SMILES string of the molecule is CCNC(=O)c1cc[n+](CC(C)(C)C(=O)O)nc1.COC(=O)C(C)(C)F. The summed E-state index contributed by atoms with van der Waals surface area (Å²) in [5.41, 5.74) is -2.29. The molecule has 0 atom stereocenters. The number of halogens is 1. The first-order valence-electron chi connectivity index (χ1n) is 7.99. The van der Waals surface area contributed by atoms with Gasteiger partial charge in [0.25, 0.3) is 5.91 Å². The summed E-state index contributed by atoms with van der Waals surface area (Å²) < 4.78 is 17.9. The molecule has 9 heteroatoms. The summed E-state index contributed by atoms with van der Waals surface area (Å²) in [6.45, 7) is 8.20. The largest absolute Gasteiger partial charge is 0.481 e. The summed E-state index contributed by atoms with van der Waals surface area (Å²) in [4.78, 5) is 32.7. The minimum atomic E-state index is -1.85. The molecule has 146 valence electrons. The van der Waals surface area contributed by atoms with E-state index in [4.69, 9.17) is 5.11 Å². The van der Waals surface area contributed by atoms with Crippen LogP contribution in [0.2, 0.25) is 0 Å². The third-order valence-corrected chi connectivity index (χ3v) is 3.18. The number of aromatic nitrogens is 2. The van der Waals surface area contributed by atoms with E-state index in [-0.39, 0.29) is 12.5 Å². The number of nitrogens with zero attached hydrogens (tertiary/aromatic N) is 2. The number of hydrogen-bond donors (Lipinski definition) is 2. The lowest BCUT2D eigenvalue weighted by atomic mass is 9.94. The maximum Gasteiger partial charge on any atom is 0.343 e. The number of carbonyl (C=O) groups is 3. The van der Waals surface area contributed by atoms with Gasteiger partial charge in [-0.2, -0.15) is 0 Å². The molecule has 0 aliphatic carbocycles. The van der Waals surface area contributed by atoms with Gasteiger partial charge in [-0.25, -0.2) is 9.18 Å². The molecule has 0 saturated carbocycles. The Bertz CT molecular complexity index is 624. The Hall–Kier alpha value is -2.58. The Morgan fingerprint density at radius 3 is 2.19 bits per heavy atom. The predicted octanol–water partition coefficient (Wildman–Crippen LogP) is 1.14. The Labute approximate surface area is 152 Å². The normalized spacial score (nSPS) is 11.0. The average molecular weight is 372 g/mol. The van der Waals surface area contributed by atoms with Crippen LogP contribution in [0.5, 0.6) is 0 Å². The van der Waals surface area contributed by atoms with Crippen molar-refractivity contribution < 1.29 is 33.3 Å². The van der Waals surface area contributed by atoms with Gasteiger partial charge in [0.15, 0.2) is 12.7 Å². The first-order valence-corrected chi connectivity index (χ1v) is 7.99. The summed E-state index contributed by atoms with van der Waals surface area (Å²) >= 11 is 0. The van der Waals surface area contributed by atoms with Crippen LogP contribution in [0.25, 0.3) is 0 Å². The number of carboxylic acid groups (broad SMARTS) is 1. The number of alkyl halides is 1. The number of methoxy groups -OCH3 is 1. The van der Waals surface area contributed by atoms with Gasteiger partial charge in [-0.15, -0.1) is 0 Å². The summed E-state index contributed by atoms with van der Waals surface area (Å²) in [6, 6.07) is 1.62. The second-order valence-electron chi connectivity index (χ2n) is 6.63. The summed E-state index contributed by atoms with van der Waals surface area (Å²) in [5, 5.41) is 15.7. The van der Waals surface area contributed by atoms with Crippen molar-refractivity contribution in [1.29, 1.82) is 0 Å². The van der Waals surface area contributed by atoms with Gasteiger partial charge in [0, 0.05) is 12.6 Å². The number of hydrogen-bond acceptors (Lipinski definition) is 5. The minimum Gasteiger partial charge on any atom is -0.481 e. The topological polar surface area (TPSA) is 109 Å². The molecule has 0 saturated heterocycles. The van der Waals surface area contributed by atoms with Crippen molar-refractivity contribution in [3.8, 4) is 0 Å². The molecule has 0 radical (unpaired) electrons. The number of carbonyl (C=O) groups excluding carboxylic acids is 2. The van der Waals surface area contributed by atoms with Gasteiger partial charge >= 0.3 is 11.9 Å². The van der Waals surface area contributed by atoms with Crippen LogP contribution in [0.1, 0.15) is 45.0 Å². The summed E-state index contributed by atoms with van der Waals surface area (Å²) in [7, 11) is 1.16. The molecule has 0 bridgehead atoms. The van der Waals surface area contributed by atoms with Gasteiger partial charge in [-0.1, -0.05) is 4.68 Å². The zero-order valence-electron chi connectivity index (χ0n) is 16.0. The average Bonchev–Trinajstić information content (AvgIpc) is 2.54. The highest BCUT2D eigenvalue weighted by Crippen LogP contribution is 2.14. The molecule has 0 aliphatic rings. The smallest absolute Gasteiger partial charge is 0.343 e. The number of carboxylic acids is 1. The quantitative estimate of drug-likeness (QED) is 0.572. The van der Waals surface area contributed by atoms with Crippen molar-refractivity contribution in [3.63, 3.8) is 0 Å². The highest BCUT2D eigenvalue weighted by Gasteiger charge is 2.32. The Kier molecular flexibility index (Phi) is 8.82. The molecule has 26 heavy (non-hydrogen) atoms. The Morgan fingerprint density at radius 2 is 1.88 bits per heavy atom. The molecular formula is C17H27FN3O5+. The van der Waals surface area contributed by atoms with Crippen molar-refractivity contribution in [2.75, 3.05) is 13.7 Å². The standard InChI is InChI=1S/C12H17N3O3.C5H9FO2/c1-4-13-10(16)9-5-6-15(14-7-9)8-12(2,3)11(17)18;1-5(2,6)4(7)8-3/h5-7H,4,8H2,1-3H3,(H-,13,16,17,18);1-3H3/p+1. The Morgan fingerprint density at radius 1 is 1.31 bits per heavy atom. The lowest BCUT2D eigenvalue weighted by Crippen LogP contribution is -2.47. The van der Waals surface area contributed by atoms with E-state index in [1.165, 1.54) is 10.9 Å². The number of esters is 1. The highest BCUT2D eigenvalue weighted by atomic mass is 19.1. The van der Waals surface area contributed by atoms with Crippen LogP contribution in [-0.2, 0) is 20.9 Å². The molecule has 1 rings (SSSR count). The molecule has 0 unspecified atom stereocenters. The molecule has 2 N–H and O–H groups in total. The molecule has 8 nitrogen and oxygen atoms in total. The number of nitrogens with one attached hydrogen (secondary N) is 1. The van der Waals surface area contributed by atoms with E-state index >= 15 is 0 Å². The van der Waals surface area contributed by atoms with Crippen LogP contribution in [0.4, 0.5) is 4.39 Å². The van der Waals surface area contributed by atoms with Crippen molar-refractivity contribution in [1.82, 2.24) is 10.4 Å². The zero-order valence-corrected chi connectivity index (χ0v) is 16.0. The second kappa shape index (κ2) is 9.79. The van der Waals surface area contributed by atoms with E-state index in [1.807, 2.05) is 6.92 Å². The second-order valence-corrected chi connectivity index (χ2v) is 6.63. The molecule has 0 fully saturated rings. The van der Waals surface area contributed by atoms with Crippen LogP contribution >= 0.6 is 0 Å². The number of aliphatic carboxylic acids is 1. The van der Waals surface area contributed by atoms with E-state index in [1.54, 1.807) is 26.1 Å². The fourth-order valence-corrected chi connectivity index (χ4v) is 1.59. The van der Waals surface area contributed by atoms with Crippen LogP contribution in [0.15, 0.2) is 18.5 Å². The van der Waals surface area contributed by atoms with E-state index in [0.29, 0.717) is 12.1 Å². The summed E-state index contributed by atoms with van der Waals surface area (Å²) in [5.74, 6) is -1.91. The zero-order chi connectivity index (χ0) is 20.5. The Balaban J connectivity index is 0.000000660. The third-order valence-electron chi connectivity index (χ3n) is 3.18. The predicted molar refractivity (Wildman–Crippen MR) is 91.1 cm³/mol. The molecule has 1 aromatic rings. The highest BCUT2D eigenvalue weighted by molar-refractivity contribution is 5.93. The monoisotopic (exact) mass is 372 g/mol. The van der Waals surface area contributed by atoms with Crippen LogP contribution in [0, 0.1) is 5.41 Å². The van der Waals surface area contributed by atoms with Crippen LogP contribution in [0.3, 0.4) is 0 Å². The van der Waals surface area contributed by atoms with Crippen molar-refractivity contribution >= 4 is 17.8 Å². The van der Waals surface area contributed by atoms with E-state index in [9.17, 15) is 18.8 Å². The lowest BCUT2D eigenvalue weighted by molar-refractivity contribution is -0.762. The maximum absolute atomic E-state index is 12.3.